The van der Waals surface area contributed by atoms with Crippen molar-refractivity contribution in [3.63, 3.8) is 0 Å². The number of carbonyl (C=O) groups is 1. The Morgan fingerprint density at radius 3 is 3.00 bits per heavy atom. The summed E-state index contributed by atoms with van der Waals surface area (Å²) in [6.45, 7) is 6.19. The maximum absolute atomic E-state index is 11.8. The van der Waals surface area contributed by atoms with E-state index in [-0.39, 0.29) is 17.9 Å². The third kappa shape index (κ3) is 2.58. The molecule has 3 atom stereocenters. The molecule has 0 aromatic heterocycles. The molecule has 1 amide bonds. The summed E-state index contributed by atoms with van der Waals surface area (Å²) in [5.41, 5.74) is 5.63. The minimum Gasteiger partial charge on any atom is -0.350 e. The van der Waals surface area contributed by atoms with Crippen LogP contribution in [0.2, 0.25) is 0 Å². The highest BCUT2D eigenvalue weighted by Crippen LogP contribution is 2.30. The molecule has 0 aromatic carbocycles. The Morgan fingerprint density at radius 1 is 1.71 bits per heavy atom. The third-order valence-corrected chi connectivity index (χ3v) is 3.02. The second kappa shape index (κ2) is 5.15. The van der Waals surface area contributed by atoms with Crippen molar-refractivity contribution in [3.8, 4) is 0 Å². The number of rotatable bonds is 4. The Hall–Kier alpha value is -0.830. The van der Waals surface area contributed by atoms with Gasteiger partial charge in [0.2, 0.25) is 5.91 Å². The van der Waals surface area contributed by atoms with Crippen molar-refractivity contribution < 1.29 is 4.79 Å². The molecular formula is C11H20N2O. The first-order chi connectivity index (χ1) is 6.69. The first-order valence-electron chi connectivity index (χ1n) is 5.32. The normalized spacial score (nSPS) is 28.4. The second-order valence-corrected chi connectivity index (χ2v) is 4.07. The lowest BCUT2D eigenvalue weighted by atomic mass is 9.95. The van der Waals surface area contributed by atoms with Crippen LogP contribution in [0.4, 0.5) is 0 Å². The van der Waals surface area contributed by atoms with Crippen molar-refractivity contribution in [3.05, 3.63) is 12.7 Å². The molecule has 1 saturated carbocycles. The van der Waals surface area contributed by atoms with E-state index in [0.717, 1.165) is 19.3 Å². The highest BCUT2D eigenvalue weighted by molar-refractivity contribution is 5.79. The molecule has 1 fully saturated rings. The summed E-state index contributed by atoms with van der Waals surface area (Å²) in [6.07, 6.45) is 4.95. The molecule has 0 spiro atoms. The van der Waals surface area contributed by atoms with Crippen molar-refractivity contribution in [2.45, 2.75) is 32.2 Å². The molecule has 1 aliphatic carbocycles. The summed E-state index contributed by atoms with van der Waals surface area (Å²) in [5.74, 6) is 0.653. The Labute approximate surface area is 85.7 Å². The van der Waals surface area contributed by atoms with Crippen LogP contribution in [0.15, 0.2) is 12.7 Å². The van der Waals surface area contributed by atoms with Gasteiger partial charge < -0.3 is 11.1 Å². The quantitative estimate of drug-likeness (QED) is 0.660. The van der Waals surface area contributed by atoms with E-state index < -0.39 is 0 Å². The molecule has 0 heterocycles. The number of nitrogens with two attached hydrogens (primary N) is 1. The minimum absolute atomic E-state index is 0.0570. The van der Waals surface area contributed by atoms with Gasteiger partial charge >= 0.3 is 0 Å². The number of amides is 1. The standard InChI is InChI=1S/C11H20N2O/c1-3-8(2)13-11(14)10-6-4-5-9(10)7-12/h3,8-10H,1,4-7,12H2,2H3,(H,13,14). The lowest BCUT2D eigenvalue weighted by Crippen LogP contribution is -2.38. The third-order valence-electron chi connectivity index (χ3n) is 3.02. The number of hydrogen-bond donors (Lipinski definition) is 2. The number of hydrogen-bond acceptors (Lipinski definition) is 2. The van der Waals surface area contributed by atoms with Crippen LogP contribution >= 0.6 is 0 Å². The van der Waals surface area contributed by atoms with Crippen molar-refractivity contribution in [2.75, 3.05) is 6.54 Å². The van der Waals surface area contributed by atoms with Crippen LogP contribution in [0.1, 0.15) is 26.2 Å². The van der Waals surface area contributed by atoms with Gasteiger partial charge in [0.1, 0.15) is 0 Å². The molecule has 0 aromatic rings. The van der Waals surface area contributed by atoms with Gasteiger partial charge in [0.05, 0.1) is 0 Å². The zero-order chi connectivity index (χ0) is 10.6. The van der Waals surface area contributed by atoms with Gasteiger partial charge in [-0.05, 0) is 32.2 Å². The van der Waals surface area contributed by atoms with Crippen molar-refractivity contribution in [1.29, 1.82) is 0 Å². The first-order valence-corrected chi connectivity index (χ1v) is 5.32. The fraction of sp³-hybridized carbons (Fsp3) is 0.727. The van der Waals surface area contributed by atoms with E-state index in [4.69, 9.17) is 5.73 Å². The van der Waals surface area contributed by atoms with Gasteiger partial charge in [0.25, 0.3) is 0 Å². The van der Waals surface area contributed by atoms with E-state index in [9.17, 15) is 4.79 Å². The van der Waals surface area contributed by atoms with Gasteiger partial charge in [0.15, 0.2) is 0 Å². The number of carbonyl (C=O) groups excluding carboxylic acids is 1. The predicted octanol–water partition coefficient (Wildman–Crippen LogP) is 1.05. The van der Waals surface area contributed by atoms with Gasteiger partial charge in [0, 0.05) is 12.0 Å². The summed E-state index contributed by atoms with van der Waals surface area (Å²) in [6, 6.07) is 0.0570. The van der Waals surface area contributed by atoms with Crippen molar-refractivity contribution >= 4 is 5.91 Å². The van der Waals surface area contributed by atoms with Crippen LogP contribution in [0.25, 0.3) is 0 Å². The van der Waals surface area contributed by atoms with Crippen LogP contribution in [0.3, 0.4) is 0 Å². The predicted molar refractivity (Wildman–Crippen MR) is 57.7 cm³/mol. The molecule has 3 heteroatoms. The molecule has 0 aliphatic heterocycles. The molecule has 0 bridgehead atoms. The molecule has 0 saturated heterocycles. The Morgan fingerprint density at radius 2 is 2.43 bits per heavy atom. The number of nitrogens with one attached hydrogen (secondary N) is 1. The van der Waals surface area contributed by atoms with E-state index in [1.807, 2.05) is 6.92 Å². The van der Waals surface area contributed by atoms with Crippen molar-refractivity contribution in [2.24, 2.45) is 17.6 Å². The Balaban J connectivity index is 2.47. The summed E-state index contributed by atoms with van der Waals surface area (Å²) in [5, 5.41) is 2.92. The van der Waals surface area contributed by atoms with Gasteiger partial charge in [-0.15, -0.1) is 6.58 Å². The Bertz CT molecular complexity index is 215. The monoisotopic (exact) mass is 196 g/mol. The molecule has 14 heavy (non-hydrogen) atoms. The molecule has 1 aliphatic rings. The van der Waals surface area contributed by atoms with E-state index in [2.05, 4.69) is 11.9 Å². The summed E-state index contributed by atoms with van der Waals surface area (Å²) >= 11 is 0. The maximum atomic E-state index is 11.8. The average molecular weight is 196 g/mol. The SMILES string of the molecule is C=CC(C)NC(=O)C1CCCC1CN. The lowest BCUT2D eigenvalue weighted by molar-refractivity contribution is -0.126. The lowest BCUT2D eigenvalue weighted by Gasteiger charge is -2.19. The van der Waals surface area contributed by atoms with Gasteiger partial charge in [-0.25, -0.2) is 0 Å². The molecule has 0 radical (unpaired) electrons. The van der Waals surface area contributed by atoms with E-state index >= 15 is 0 Å². The van der Waals surface area contributed by atoms with Crippen LogP contribution < -0.4 is 11.1 Å². The molecule has 80 valence electrons. The maximum Gasteiger partial charge on any atom is 0.223 e. The summed E-state index contributed by atoms with van der Waals surface area (Å²) < 4.78 is 0. The van der Waals surface area contributed by atoms with E-state index in [1.165, 1.54) is 0 Å². The smallest absolute Gasteiger partial charge is 0.223 e. The highest BCUT2D eigenvalue weighted by atomic mass is 16.1. The molecule has 3 nitrogen and oxygen atoms in total. The first kappa shape index (κ1) is 11.2. The minimum atomic E-state index is 0.0570. The van der Waals surface area contributed by atoms with E-state index in [1.54, 1.807) is 6.08 Å². The van der Waals surface area contributed by atoms with Crippen LogP contribution in [0, 0.1) is 11.8 Å². The molecule has 3 unspecified atom stereocenters. The highest BCUT2D eigenvalue weighted by Gasteiger charge is 2.31. The van der Waals surface area contributed by atoms with Crippen molar-refractivity contribution in [1.82, 2.24) is 5.32 Å². The topological polar surface area (TPSA) is 55.1 Å². The zero-order valence-electron chi connectivity index (χ0n) is 8.83. The summed E-state index contributed by atoms with van der Waals surface area (Å²) in [4.78, 5) is 11.8. The zero-order valence-corrected chi connectivity index (χ0v) is 8.83. The largest absolute Gasteiger partial charge is 0.350 e. The molecular weight excluding hydrogens is 176 g/mol. The van der Waals surface area contributed by atoms with Gasteiger partial charge in [-0.3, -0.25) is 4.79 Å². The van der Waals surface area contributed by atoms with Crippen LogP contribution in [-0.4, -0.2) is 18.5 Å². The van der Waals surface area contributed by atoms with Crippen LogP contribution in [-0.2, 0) is 4.79 Å². The van der Waals surface area contributed by atoms with Gasteiger partial charge in [-0.2, -0.15) is 0 Å². The fourth-order valence-electron chi connectivity index (χ4n) is 2.05. The summed E-state index contributed by atoms with van der Waals surface area (Å²) in [7, 11) is 0. The Kier molecular flexibility index (Phi) is 4.14. The van der Waals surface area contributed by atoms with E-state index in [0.29, 0.717) is 12.5 Å². The van der Waals surface area contributed by atoms with Crippen LogP contribution in [0.5, 0.6) is 0 Å². The average Bonchev–Trinajstić information content (AvgIpc) is 2.65. The molecule has 1 rings (SSSR count). The fourth-order valence-corrected chi connectivity index (χ4v) is 2.05. The molecule has 3 N–H and O–H groups in total. The van der Waals surface area contributed by atoms with Gasteiger partial charge in [-0.1, -0.05) is 12.5 Å². The second-order valence-electron chi connectivity index (χ2n) is 4.07.